The van der Waals surface area contributed by atoms with Gasteiger partial charge in [-0.25, -0.2) is 4.57 Å². The Morgan fingerprint density at radius 1 is 1.10 bits per heavy atom. The zero-order valence-electron chi connectivity index (χ0n) is 10.6. The molecule has 20 heavy (non-hydrogen) atoms. The van der Waals surface area contributed by atoms with E-state index in [-0.39, 0.29) is 0 Å². The van der Waals surface area contributed by atoms with Crippen LogP contribution >= 0.6 is 18.2 Å². The molecule has 0 spiro atoms. The highest BCUT2D eigenvalue weighted by Gasteiger charge is 2.77. The molecule has 0 aromatic rings. The highest BCUT2D eigenvalue weighted by Crippen LogP contribution is 2.68. The first-order chi connectivity index (χ1) is 8.52. The molecule has 11 heteroatoms. The van der Waals surface area contributed by atoms with Crippen molar-refractivity contribution in [3.8, 4) is 0 Å². The van der Waals surface area contributed by atoms with Gasteiger partial charge in [-0.15, -0.1) is 0 Å². The zero-order valence-corrected chi connectivity index (χ0v) is 12.3. The molecule has 0 unspecified atom stereocenters. The fourth-order valence-corrected chi connectivity index (χ4v) is 3.69. The monoisotopic (exact) mass is 348 g/mol. The normalized spacial score (nSPS) is 32.2. The van der Waals surface area contributed by atoms with Crippen LogP contribution in [0.15, 0.2) is 0 Å². The lowest BCUT2D eigenvalue weighted by molar-refractivity contribution is -0.373. The van der Waals surface area contributed by atoms with Gasteiger partial charge in [0.05, 0.1) is 6.10 Å². The highest BCUT2D eigenvalue weighted by atomic mass is 35.7. The van der Waals surface area contributed by atoms with E-state index in [9.17, 15) is 30.9 Å². The molecule has 0 aromatic carbocycles. The maximum absolute atomic E-state index is 12.9. The highest BCUT2D eigenvalue weighted by molar-refractivity contribution is 7.81. The summed E-state index contributed by atoms with van der Waals surface area (Å²) in [6, 6.07) is 0. The number of hydrogen-bond acceptors (Lipinski definition) is 3. The van der Waals surface area contributed by atoms with Crippen LogP contribution in [0.25, 0.3) is 0 Å². The van der Waals surface area contributed by atoms with Gasteiger partial charge in [-0.05, 0) is 5.41 Å². The molecule has 1 aliphatic rings. The second-order valence-corrected chi connectivity index (χ2v) is 8.01. The number of hydrogen-bond donors (Lipinski definition) is 0. The lowest BCUT2D eigenvalue weighted by atomic mass is 9.81. The van der Waals surface area contributed by atoms with Gasteiger partial charge in [-0.1, -0.05) is 20.8 Å². The summed E-state index contributed by atoms with van der Waals surface area (Å²) in [7, 11) is 0. The van der Waals surface area contributed by atoms with Crippen molar-refractivity contribution < 1.29 is 40.0 Å². The molecule has 2 atom stereocenters. The minimum Gasteiger partial charge on any atom is -0.293 e. The summed E-state index contributed by atoms with van der Waals surface area (Å²) in [5.74, 6) is 0. The largest absolute Gasteiger partial charge is 0.427 e. The van der Waals surface area contributed by atoms with Gasteiger partial charge in [0.15, 0.2) is 0 Å². The van der Waals surface area contributed by atoms with Crippen molar-refractivity contribution in [3.63, 3.8) is 0 Å². The molecule has 0 radical (unpaired) electrons. The molecule has 120 valence electrons. The van der Waals surface area contributed by atoms with Crippen molar-refractivity contribution in [2.24, 2.45) is 5.41 Å². The Morgan fingerprint density at radius 2 is 1.50 bits per heavy atom. The lowest BCUT2D eigenvalue weighted by Crippen LogP contribution is -2.62. The van der Waals surface area contributed by atoms with Crippen LogP contribution in [0.1, 0.15) is 27.2 Å². The minimum absolute atomic E-state index is 1.14. The van der Waals surface area contributed by atoms with Crippen molar-refractivity contribution >= 4 is 18.2 Å². The van der Waals surface area contributed by atoms with Gasteiger partial charge >= 0.3 is 19.3 Å². The summed E-state index contributed by atoms with van der Waals surface area (Å²) in [6.07, 6.45) is -14.9. The van der Waals surface area contributed by atoms with Gasteiger partial charge in [0.1, 0.15) is 0 Å². The quantitative estimate of drug-likeness (QED) is 0.454. The van der Waals surface area contributed by atoms with Crippen LogP contribution in [0.3, 0.4) is 0 Å². The Balaban J connectivity index is 3.42. The predicted molar refractivity (Wildman–Crippen MR) is 58.3 cm³/mol. The summed E-state index contributed by atoms with van der Waals surface area (Å²) in [5.41, 5.74) is -5.75. The Hall–Kier alpha value is 0.0200. The maximum atomic E-state index is 12.9. The van der Waals surface area contributed by atoms with Crippen LogP contribution in [0.4, 0.5) is 26.3 Å². The molecular formula is C9H12ClF6O3P. The van der Waals surface area contributed by atoms with E-state index in [2.05, 4.69) is 9.05 Å². The number of alkyl halides is 6. The Kier molecular flexibility index (Phi) is 4.30. The maximum Gasteiger partial charge on any atom is 0.427 e. The van der Waals surface area contributed by atoms with Crippen molar-refractivity contribution in [3.05, 3.63) is 0 Å². The average Bonchev–Trinajstić information content (AvgIpc) is 2.09. The van der Waals surface area contributed by atoms with E-state index in [1.165, 1.54) is 20.8 Å². The van der Waals surface area contributed by atoms with E-state index >= 15 is 0 Å². The molecule has 0 bridgehead atoms. The summed E-state index contributed by atoms with van der Waals surface area (Å²) in [5, 5.41) is 0. The van der Waals surface area contributed by atoms with Gasteiger partial charge in [-0.3, -0.25) is 9.05 Å². The second-order valence-electron chi connectivity index (χ2n) is 5.51. The second kappa shape index (κ2) is 4.76. The Morgan fingerprint density at radius 3 is 1.80 bits per heavy atom. The first kappa shape index (κ1) is 18.1. The van der Waals surface area contributed by atoms with Crippen LogP contribution in [0.2, 0.25) is 0 Å². The third-order valence-corrected chi connectivity index (χ3v) is 4.35. The number of rotatable bonds is 0. The molecule has 1 rings (SSSR count). The molecule has 1 saturated heterocycles. The molecular weight excluding hydrogens is 337 g/mol. The van der Waals surface area contributed by atoms with E-state index in [1.54, 1.807) is 0 Å². The molecule has 0 saturated carbocycles. The summed E-state index contributed by atoms with van der Waals surface area (Å²) >= 11 is 5.08. The third kappa shape index (κ3) is 3.26. The van der Waals surface area contributed by atoms with Crippen molar-refractivity contribution in [1.82, 2.24) is 0 Å². The molecule has 1 aliphatic heterocycles. The summed E-state index contributed by atoms with van der Waals surface area (Å²) in [6.45, 7) is -0.988. The topological polar surface area (TPSA) is 35.5 Å². The molecule has 3 nitrogen and oxygen atoms in total. The zero-order chi connectivity index (χ0) is 16.2. The molecule has 1 fully saturated rings. The van der Waals surface area contributed by atoms with Crippen LogP contribution in [-0.2, 0) is 13.6 Å². The molecule has 0 amide bonds. The van der Waals surface area contributed by atoms with Crippen LogP contribution < -0.4 is 0 Å². The van der Waals surface area contributed by atoms with Crippen LogP contribution in [0, 0.1) is 5.41 Å². The standard InChI is InChI=1S/C9H12ClF6O3P/c1-6(2,3)5-4-7(8(11,12)13,9(14,15)16)19-20(10,17)18-5/h5H,4H2,1-3H3/t5-,20-/m1/s1. The number of halogens is 7. The molecule has 0 N–H and O–H groups in total. The van der Waals surface area contributed by atoms with E-state index < -0.39 is 42.8 Å². The van der Waals surface area contributed by atoms with Gasteiger partial charge in [0.2, 0.25) is 0 Å². The van der Waals surface area contributed by atoms with Crippen LogP contribution in [0.5, 0.6) is 0 Å². The molecule has 1 heterocycles. The minimum atomic E-state index is -5.83. The van der Waals surface area contributed by atoms with E-state index in [0.717, 1.165) is 0 Å². The first-order valence-electron chi connectivity index (χ1n) is 5.34. The third-order valence-electron chi connectivity index (χ3n) is 2.87. The van der Waals surface area contributed by atoms with Crippen molar-refractivity contribution in [2.75, 3.05) is 0 Å². The van der Waals surface area contributed by atoms with Gasteiger partial charge in [0, 0.05) is 17.7 Å². The fraction of sp³-hybridized carbons (Fsp3) is 1.00. The summed E-state index contributed by atoms with van der Waals surface area (Å²) in [4.78, 5) is 0. The van der Waals surface area contributed by atoms with Crippen LogP contribution in [-0.4, -0.2) is 24.1 Å². The molecule has 0 aromatic heterocycles. The average molecular weight is 349 g/mol. The lowest BCUT2D eigenvalue weighted by Gasteiger charge is -2.46. The van der Waals surface area contributed by atoms with Crippen molar-refractivity contribution in [2.45, 2.75) is 51.2 Å². The first-order valence-corrected chi connectivity index (χ1v) is 7.79. The van der Waals surface area contributed by atoms with E-state index in [4.69, 9.17) is 11.2 Å². The van der Waals surface area contributed by atoms with Gasteiger partial charge < -0.3 is 0 Å². The van der Waals surface area contributed by atoms with Crippen molar-refractivity contribution in [1.29, 1.82) is 0 Å². The smallest absolute Gasteiger partial charge is 0.293 e. The Bertz CT molecular complexity index is 413. The van der Waals surface area contributed by atoms with Gasteiger partial charge in [-0.2, -0.15) is 26.3 Å². The van der Waals surface area contributed by atoms with Gasteiger partial charge in [0.25, 0.3) is 5.60 Å². The van der Waals surface area contributed by atoms with E-state index in [1.807, 2.05) is 0 Å². The summed E-state index contributed by atoms with van der Waals surface area (Å²) < 4.78 is 97.3. The SMILES string of the molecule is CC(C)(C)[C@H]1CC(C(F)(F)F)(C(F)(F)F)O[P@@](=O)(Cl)O1. The molecule has 0 aliphatic carbocycles. The Labute approximate surface area is 115 Å². The predicted octanol–water partition coefficient (Wildman–Crippen LogP) is 5.05. The fourth-order valence-electron chi connectivity index (χ4n) is 1.66. The van der Waals surface area contributed by atoms with E-state index in [0.29, 0.717) is 0 Å².